The Bertz CT molecular complexity index is 426. The Morgan fingerprint density at radius 2 is 1.38 bits per heavy atom. The van der Waals surface area contributed by atoms with Gasteiger partial charge in [0.25, 0.3) is 0 Å². The lowest BCUT2D eigenvalue weighted by molar-refractivity contribution is -0.343. The second-order valence-corrected chi connectivity index (χ2v) is 6.23. The predicted molar refractivity (Wildman–Crippen MR) is 81.5 cm³/mol. The molecule has 12 heteroatoms. The number of ether oxygens (including phenoxy) is 3. The predicted octanol–water partition coefficient (Wildman–Crippen LogP) is -5.81. The quantitative estimate of drug-likeness (QED) is 0.201. The Kier molecular flexibility index (Phi) is 8.08. The number of rotatable bonds is 7. The molecule has 0 bridgehead atoms. The Hall–Kier alpha value is -0.480. The van der Waals surface area contributed by atoms with Gasteiger partial charge in [-0.1, -0.05) is 0 Å². The van der Waals surface area contributed by atoms with Crippen LogP contribution in [-0.2, 0) is 14.2 Å². The van der Waals surface area contributed by atoms with E-state index in [2.05, 4.69) is 5.32 Å². The average Bonchev–Trinajstić information content (AvgIpc) is 2.64. The van der Waals surface area contributed by atoms with Crippen LogP contribution >= 0.6 is 0 Å². The van der Waals surface area contributed by atoms with Crippen LogP contribution in [0.3, 0.4) is 0 Å². The topological polar surface area (TPSA) is 202 Å². The highest BCUT2D eigenvalue weighted by atomic mass is 16.7. The maximum absolute atomic E-state index is 10.3. The molecule has 0 aromatic heterocycles. The fourth-order valence-electron chi connectivity index (χ4n) is 2.96. The van der Waals surface area contributed by atoms with Crippen LogP contribution in [0.1, 0.15) is 0 Å². The summed E-state index contributed by atoms with van der Waals surface area (Å²) in [5, 5.41) is 80.1. The second kappa shape index (κ2) is 9.64. The summed E-state index contributed by atoms with van der Waals surface area (Å²) in [5.41, 5.74) is 0. The first-order valence-electron chi connectivity index (χ1n) is 8.28. The molecule has 2 aliphatic rings. The second-order valence-electron chi connectivity index (χ2n) is 6.23. The number of aliphatic hydroxyl groups is 8. The van der Waals surface area contributed by atoms with Gasteiger partial charge in [0, 0.05) is 6.54 Å². The normalized spacial score (nSPS) is 47.1. The highest BCUT2D eigenvalue weighted by molar-refractivity contribution is 4.95. The van der Waals surface area contributed by atoms with Gasteiger partial charge in [0.15, 0.2) is 6.29 Å². The molecule has 10 atom stereocenters. The van der Waals surface area contributed by atoms with Gasteiger partial charge in [0.05, 0.1) is 19.8 Å². The van der Waals surface area contributed by atoms with Crippen LogP contribution in [-0.4, -0.2) is 129 Å². The van der Waals surface area contributed by atoms with Crippen molar-refractivity contribution in [1.29, 1.82) is 0 Å². The first kappa shape index (κ1) is 21.8. The van der Waals surface area contributed by atoms with Crippen LogP contribution in [0.2, 0.25) is 0 Å². The standard InChI is InChI=1S/C14H27NO11/c16-2-1-15-13-10(22)9(21)12(6(4-18)24-13)26-14-11(23)8(20)7(19)5(3-17)25-14/h5-23H,1-4H2/t5-,6-,7-,8+,9-,10-,11-,12-,13-,14-/m1/s1. The van der Waals surface area contributed by atoms with Crippen molar-refractivity contribution in [3.8, 4) is 0 Å². The minimum Gasteiger partial charge on any atom is -0.395 e. The van der Waals surface area contributed by atoms with Gasteiger partial charge in [-0.25, -0.2) is 0 Å². The zero-order chi connectivity index (χ0) is 19.4. The van der Waals surface area contributed by atoms with E-state index < -0.39 is 74.6 Å². The van der Waals surface area contributed by atoms with Crippen molar-refractivity contribution in [2.45, 2.75) is 61.3 Å². The van der Waals surface area contributed by atoms with Gasteiger partial charge in [-0.15, -0.1) is 0 Å². The fourth-order valence-corrected chi connectivity index (χ4v) is 2.96. The van der Waals surface area contributed by atoms with E-state index in [1.165, 1.54) is 0 Å². The van der Waals surface area contributed by atoms with Crippen LogP contribution in [0, 0.1) is 0 Å². The lowest BCUT2D eigenvalue weighted by Gasteiger charge is -2.46. The molecule has 2 rings (SSSR count). The van der Waals surface area contributed by atoms with Crippen molar-refractivity contribution in [1.82, 2.24) is 5.32 Å². The van der Waals surface area contributed by atoms with Crippen LogP contribution in [0.15, 0.2) is 0 Å². The number of hydrogen-bond donors (Lipinski definition) is 9. The molecule has 0 radical (unpaired) electrons. The summed E-state index contributed by atoms with van der Waals surface area (Å²) in [6.45, 7) is -1.43. The third kappa shape index (κ3) is 4.49. The lowest BCUT2D eigenvalue weighted by atomic mass is 9.96. The monoisotopic (exact) mass is 385 g/mol. The third-order valence-corrected chi connectivity index (χ3v) is 4.46. The summed E-state index contributed by atoms with van der Waals surface area (Å²) in [6.07, 6.45) is -14.3. The SMILES string of the molecule is OCCN[C@@H]1O[C@H](CO)[C@@H](O[C@H]2O[C@H](CO)[C@@H](O)[C@H](O)[C@H]2O)[C@H](O)[C@H]1O. The number of aliphatic hydroxyl groups excluding tert-OH is 8. The van der Waals surface area contributed by atoms with E-state index in [0.29, 0.717) is 0 Å². The Morgan fingerprint density at radius 1 is 0.731 bits per heavy atom. The van der Waals surface area contributed by atoms with Crippen molar-refractivity contribution in [2.75, 3.05) is 26.4 Å². The van der Waals surface area contributed by atoms with E-state index in [1.807, 2.05) is 0 Å². The van der Waals surface area contributed by atoms with E-state index in [4.69, 9.17) is 19.3 Å². The molecule has 0 unspecified atom stereocenters. The van der Waals surface area contributed by atoms with Gasteiger partial charge in [0.1, 0.15) is 55.1 Å². The lowest BCUT2D eigenvalue weighted by Crippen LogP contribution is -2.66. The van der Waals surface area contributed by atoms with Gasteiger partial charge in [-0.05, 0) is 0 Å². The van der Waals surface area contributed by atoms with Crippen molar-refractivity contribution >= 4 is 0 Å². The van der Waals surface area contributed by atoms with E-state index in [-0.39, 0.29) is 13.2 Å². The summed E-state index contributed by atoms with van der Waals surface area (Å²) >= 11 is 0. The van der Waals surface area contributed by atoms with Gasteiger partial charge >= 0.3 is 0 Å². The Labute approximate surface area is 149 Å². The molecule has 0 amide bonds. The molecule has 2 aliphatic heterocycles. The summed E-state index contributed by atoms with van der Waals surface area (Å²) in [7, 11) is 0. The highest BCUT2D eigenvalue weighted by Gasteiger charge is 2.50. The van der Waals surface area contributed by atoms with Crippen LogP contribution < -0.4 is 5.32 Å². The summed E-state index contributed by atoms with van der Waals surface area (Å²) in [4.78, 5) is 0. The molecule has 0 aromatic rings. The Morgan fingerprint density at radius 3 is 1.96 bits per heavy atom. The zero-order valence-corrected chi connectivity index (χ0v) is 13.9. The molecule has 0 aliphatic carbocycles. The molecule has 26 heavy (non-hydrogen) atoms. The molecule has 2 heterocycles. The molecule has 9 N–H and O–H groups in total. The van der Waals surface area contributed by atoms with Crippen molar-refractivity contribution < 1.29 is 55.1 Å². The maximum atomic E-state index is 10.3. The van der Waals surface area contributed by atoms with Gasteiger partial charge in [-0.2, -0.15) is 0 Å². The first-order valence-corrected chi connectivity index (χ1v) is 8.28. The minimum atomic E-state index is -1.71. The number of nitrogens with one attached hydrogen (secondary N) is 1. The van der Waals surface area contributed by atoms with Crippen molar-refractivity contribution in [3.63, 3.8) is 0 Å². The van der Waals surface area contributed by atoms with Crippen molar-refractivity contribution in [2.24, 2.45) is 0 Å². The van der Waals surface area contributed by atoms with E-state index in [9.17, 15) is 35.7 Å². The van der Waals surface area contributed by atoms with Crippen LogP contribution in [0.5, 0.6) is 0 Å². The number of hydrogen-bond acceptors (Lipinski definition) is 12. The molecule has 2 fully saturated rings. The van der Waals surface area contributed by atoms with Gasteiger partial charge in [0.2, 0.25) is 0 Å². The smallest absolute Gasteiger partial charge is 0.187 e. The molecular formula is C14H27NO11. The molecule has 0 spiro atoms. The summed E-state index contributed by atoms with van der Waals surface area (Å²) in [5.74, 6) is 0. The molecule has 12 nitrogen and oxygen atoms in total. The maximum Gasteiger partial charge on any atom is 0.187 e. The summed E-state index contributed by atoms with van der Waals surface area (Å²) < 4.78 is 16.0. The molecule has 0 aromatic carbocycles. The van der Waals surface area contributed by atoms with Crippen LogP contribution in [0.4, 0.5) is 0 Å². The zero-order valence-electron chi connectivity index (χ0n) is 13.9. The molecular weight excluding hydrogens is 358 g/mol. The molecule has 0 saturated carbocycles. The largest absolute Gasteiger partial charge is 0.395 e. The molecule has 2 saturated heterocycles. The van der Waals surface area contributed by atoms with Crippen LogP contribution in [0.25, 0.3) is 0 Å². The molecule has 154 valence electrons. The Balaban J connectivity index is 2.09. The first-order chi connectivity index (χ1) is 12.3. The van der Waals surface area contributed by atoms with E-state index in [0.717, 1.165) is 0 Å². The highest BCUT2D eigenvalue weighted by Crippen LogP contribution is 2.28. The fraction of sp³-hybridized carbons (Fsp3) is 1.00. The van der Waals surface area contributed by atoms with E-state index >= 15 is 0 Å². The van der Waals surface area contributed by atoms with Gasteiger partial charge < -0.3 is 55.1 Å². The average molecular weight is 385 g/mol. The third-order valence-electron chi connectivity index (χ3n) is 4.46. The minimum absolute atomic E-state index is 0.0742. The van der Waals surface area contributed by atoms with Gasteiger partial charge in [-0.3, -0.25) is 5.32 Å². The van der Waals surface area contributed by atoms with Crippen molar-refractivity contribution in [3.05, 3.63) is 0 Å². The summed E-state index contributed by atoms with van der Waals surface area (Å²) in [6, 6.07) is 0. The van der Waals surface area contributed by atoms with E-state index in [1.54, 1.807) is 0 Å².